The lowest BCUT2D eigenvalue weighted by Gasteiger charge is -2.03. The van der Waals surface area contributed by atoms with E-state index in [2.05, 4.69) is 25.9 Å². The zero-order valence-electron chi connectivity index (χ0n) is 9.13. The Morgan fingerprint density at radius 1 is 1.35 bits per heavy atom. The number of rotatable bonds is 2. The van der Waals surface area contributed by atoms with Gasteiger partial charge in [-0.25, -0.2) is 9.37 Å². The molecular weight excluding hydrogens is 287 g/mol. The molecule has 1 N–H and O–H groups in total. The first-order valence-corrected chi connectivity index (χ1v) is 5.85. The van der Waals surface area contributed by atoms with Crippen LogP contribution in [0, 0.1) is 12.7 Å². The summed E-state index contributed by atoms with van der Waals surface area (Å²) in [4.78, 5) is 18.4. The summed E-state index contributed by atoms with van der Waals surface area (Å²) >= 11 is 3.15. The maximum atomic E-state index is 12.7. The standard InChI is InChI=1S/C12H10BrFN2O/c1-7-11(13)12(17)16-10(15-7)6-8-2-4-9(14)5-3-8/h2-5H,6H2,1H3,(H,15,16,17). The molecule has 0 saturated carbocycles. The molecule has 0 saturated heterocycles. The molecule has 0 spiro atoms. The molecule has 0 atom stereocenters. The first-order valence-electron chi connectivity index (χ1n) is 5.06. The smallest absolute Gasteiger partial charge is 0.265 e. The van der Waals surface area contributed by atoms with Gasteiger partial charge in [-0.2, -0.15) is 0 Å². The van der Waals surface area contributed by atoms with Gasteiger partial charge in [-0.05, 0) is 40.5 Å². The van der Waals surface area contributed by atoms with Crippen LogP contribution in [-0.2, 0) is 6.42 Å². The van der Waals surface area contributed by atoms with Crippen molar-refractivity contribution in [3.63, 3.8) is 0 Å². The Balaban J connectivity index is 2.30. The van der Waals surface area contributed by atoms with E-state index < -0.39 is 0 Å². The molecule has 88 valence electrons. The Morgan fingerprint density at radius 3 is 2.59 bits per heavy atom. The lowest BCUT2D eigenvalue weighted by Crippen LogP contribution is -2.14. The molecule has 0 aliphatic rings. The zero-order valence-corrected chi connectivity index (χ0v) is 10.7. The molecule has 3 nitrogen and oxygen atoms in total. The molecule has 0 aliphatic carbocycles. The average Bonchev–Trinajstić information content (AvgIpc) is 2.29. The number of nitrogens with one attached hydrogen (secondary N) is 1. The maximum absolute atomic E-state index is 12.7. The van der Waals surface area contributed by atoms with E-state index in [1.54, 1.807) is 19.1 Å². The van der Waals surface area contributed by atoms with Crippen LogP contribution in [-0.4, -0.2) is 9.97 Å². The van der Waals surface area contributed by atoms with Gasteiger partial charge in [-0.15, -0.1) is 0 Å². The molecule has 0 unspecified atom stereocenters. The molecule has 0 fully saturated rings. The summed E-state index contributed by atoms with van der Waals surface area (Å²) in [5.74, 6) is 0.296. The van der Waals surface area contributed by atoms with Crippen LogP contribution >= 0.6 is 15.9 Å². The van der Waals surface area contributed by atoms with E-state index in [-0.39, 0.29) is 11.4 Å². The number of aromatic amines is 1. The predicted octanol–water partition coefficient (Wildman–Crippen LogP) is 2.57. The molecular formula is C12H10BrFN2O. The normalized spacial score (nSPS) is 10.5. The van der Waals surface area contributed by atoms with Gasteiger partial charge in [0, 0.05) is 6.42 Å². The minimum absolute atomic E-state index is 0.199. The molecule has 2 aromatic rings. The van der Waals surface area contributed by atoms with Crippen LogP contribution < -0.4 is 5.56 Å². The Kier molecular flexibility index (Phi) is 3.38. The fourth-order valence-corrected chi connectivity index (χ4v) is 1.70. The van der Waals surface area contributed by atoms with Gasteiger partial charge >= 0.3 is 0 Å². The van der Waals surface area contributed by atoms with Crippen molar-refractivity contribution in [1.82, 2.24) is 9.97 Å². The highest BCUT2D eigenvalue weighted by Crippen LogP contribution is 2.10. The van der Waals surface area contributed by atoms with Crippen LogP contribution in [0.5, 0.6) is 0 Å². The highest BCUT2D eigenvalue weighted by atomic mass is 79.9. The summed E-state index contributed by atoms with van der Waals surface area (Å²) in [6, 6.07) is 6.12. The van der Waals surface area contributed by atoms with Crippen molar-refractivity contribution in [2.45, 2.75) is 13.3 Å². The highest BCUT2D eigenvalue weighted by Gasteiger charge is 2.05. The number of aryl methyl sites for hydroxylation is 1. The van der Waals surface area contributed by atoms with E-state index in [1.165, 1.54) is 12.1 Å². The van der Waals surface area contributed by atoms with E-state index in [1.807, 2.05) is 0 Å². The van der Waals surface area contributed by atoms with Crippen molar-refractivity contribution in [2.75, 3.05) is 0 Å². The molecule has 1 aromatic heterocycles. The second-order valence-electron chi connectivity index (χ2n) is 3.72. The van der Waals surface area contributed by atoms with Gasteiger partial charge in [-0.3, -0.25) is 4.79 Å². The minimum Gasteiger partial charge on any atom is -0.309 e. The first kappa shape index (κ1) is 12.0. The van der Waals surface area contributed by atoms with Gasteiger partial charge in [0.15, 0.2) is 0 Å². The van der Waals surface area contributed by atoms with E-state index >= 15 is 0 Å². The van der Waals surface area contributed by atoms with Crippen LogP contribution in [0.4, 0.5) is 4.39 Å². The summed E-state index contributed by atoms with van der Waals surface area (Å²) in [6.45, 7) is 1.76. The number of H-pyrrole nitrogens is 1. The van der Waals surface area contributed by atoms with Crippen LogP contribution in [0.2, 0.25) is 0 Å². The van der Waals surface area contributed by atoms with Crippen molar-refractivity contribution < 1.29 is 4.39 Å². The molecule has 0 amide bonds. The van der Waals surface area contributed by atoms with Gasteiger partial charge in [0.1, 0.15) is 16.1 Å². The van der Waals surface area contributed by atoms with Crippen LogP contribution in [0.1, 0.15) is 17.1 Å². The lowest BCUT2D eigenvalue weighted by atomic mass is 10.1. The molecule has 5 heteroatoms. The predicted molar refractivity (Wildman–Crippen MR) is 66.5 cm³/mol. The maximum Gasteiger partial charge on any atom is 0.265 e. The fourth-order valence-electron chi connectivity index (χ4n) is 1.51. The molecule has 0 radical (unpaired) electrons. The van der Waals surface area contributed by atoms with Gasteiger partial charge in [0.25, 0.3) is 5.56 Å². The van der Waals surface area contributed by atoms with Crippen molar-refractivity contribution in [3.8, 4) is 0 Å². The third-order valence-corrected chi connectivity index (χ3v) is 3.30. The summed E-state index contributed by atoms with van der Waals surface area (Å²) in [6.07, 6.45) is 0.476. The summed E-state index contributed by atoms with van der Waals surface area (Å²) in [5, 5.41) is 0. The molecule has 0 aliphatic heterocycles. The molecule has 0 bridgehead atoms. The van der Waals surface area contributed by atoms with Gasteiger partial charge in [0.2, 0.25) is 0 Å². The van der Waals surface area contributed by atoms with Crippen LogP contribution in [0.15, 0.2) is 33.5 Å². The second-order valence-corrected chi connectivity index (χ2v) is 4.51. The summed E-state index contributed by atoms with van der Waals surface area (Å²) in [7, 11) is 0. The topological polar surface area (TPSA) is 45.8 Å². The molecule has 2 rings (SSSR count). The van der Waals surface area contributed by atoms with E-state index in [0.29, 0.717) is 22.4 Å². The van der Waals surface area contributed by atoms with Crippen molar-refractivity contribution in [2.24, 2.45) is 0 Å². The highest BCUT2D eigenvalue weighted by molar-refractivity contribution is 9.10. The lowest BCUT2D eigenvalue weighted by molar-refractivity contribution is 0.627. The Bertz CT molecular complexity index is 592. The van der Waals surface area contributed by atoms with Crippen molar-refractivity contribution in [3.05, 3.63) is 62.0 Å². The van der Waals surface area contributed by atoms with Gasteiger partial charge in [0.05, 0.1) is 5.69 Å². The largest absolute Gasteiger partial charge is 0.309 e. The minimum atomic E-state index is -0.276. The number of hydrogen-bond donors (Lipinski definition) is 1. The monoisotopic (exact) mass is 296 g/mol. The fraction of sp³-hybridized carbons (Fsp3) is 0.167. The Labute approximate surface area is 106 Å². The number of halogens is 2. The number of aromatic nitrogens is 2. The quantitative estimate of drug-likeness (QED) is 0.926. The molecule has 1 heterocycles. The number of hydrogen-bond acceptors (Lipinski definition) is 2. The molecule has 1 aromatic carbocycles. The SMILES string of the molecule is Cc1nc(Cc2ccc(F)cc2)[nH]c(=O)c1Br. The molecule has 17 heavy (non-hydrogen) atoms. The van der Waals surface area contributed by atoms with Gasteiger partial charge < -0.3 is 4.98 Å². The summed E-state index contributed by atoms with van der Waals surface area (Å²) < 4.78 is 13.2. The summed E-state index contributed by atoms with van der Waals surface area (Å²) in [5.41, 5.74) is 1.34. The Morgan fingerprint density at radius 2 is 2.00 bits per heavy atom. The average molecular weight is 297 g/mol. The van der Waals surface area contributed by atoms with Crippen molar-refractivity contribution in [1.29, 1.82) is 0 Å². The number of nitrogens with zero attached hydrogens (tertiary/aromatic N) is 1. The third-order valence-electron chi connectivity index (χ3n) is 2.36. The van der Waals surface area contributed by atoms with E-state index in [9.17, 15) is 9.18 Å². The third kappa shape index (κ3) is 2.79. The van der Waals surface area contributed by atoms with E-state index in [0.717, 1.165) is 5.56 Å². The van der Waals surface area contributed by atoms with E-state index in [4.69, 9.17) is 0 Å². The zero-order chi connectivity index (χ0) is 12.4. The second kappa shape index (κ2) is 4.79. The van der Waals surface area contributed by atoms with Crippen LogP contribution in [0.3, 0.4) is 0 Å². The van der Waals surface area contributed by atoms with Gasteiger partial charge in [-0.1, -0.05) is 12.1 Å². The number of benzene rings is 1. The first-order chi connectivity index (χ1) is 8.06. The van der Waals surface area contributed by atoms with Crippen LogP contribution in [0.25, 0.3) is 0 Å². The van der Waals surface area contributed by atoms with Crippen molar-refractivity contribution >= 4 is 15.9 Å². The Hall–Kier alpha value is -1.49.